The van der Waals surface area contributed by atoms with Crippen LogP contribution >= 0.6 is 0 Å². The van der Waals surface area contributed by atoms with E-state index in [9.17, 15) is 4.79 Å². The first kappa shape index (κ1) is 16.7. The van der Waals surface area contributed by atoms with Gasteiger partial charge in [0.05, 0.1) is 0 Å². The molecule has 0 bridgehead atoms. The molecule has 1 aromatic rings. The van der Waals surface area contributed by atoms with Gasteiger partial charge >= 0.3 is 0 Å². The maximum absolute atomic E-state index is 11.1. The molecule has 110 valence electrons. The van der Waals surface area contributed by atoms with Crippen molar-refractivity contribution >= 4 is 6.29 Å². The molecule has 2 unspecified atom stereocenters. The summed E-state index contributed by atoms with van der Waals surface area (Å²) < 4.78 is 0. The lowest BCUT2D eigenvalue weighted by Crippen LogP contribution is -2.26. The van der Waals surface area contributed by atoms with E-state index in [1.165, 1.54) is 22.3 Å². The minimum atomic E-state index is 0.0215. The van der Waals surface area contributed by atoms with Crippen molar-refractivity contribution in [2.24, 2.45) is 5.92 Å². The predicted octanol–water partition coefficient (Wildman–Crippen LogP) is 5.14. The van der Waals surface area contributed by atoms with Crippen LogP contribution in [0.3, 0.4) is 0 Å². The Kier molecular flexibility index (Phi) is 5.74. The molecule has 2 atom stereocenters. The molecular weight excluding hydrogens is 244 g/mol. The fourth-order valence-electron chi connectivity index (χ4n) is 2.88. The standard InChI is InChI=1S/C19H28O/c1-14(2)9-10-19(6,12-16(4)13-20)18-11-15(3)7-8-17(18)5/h7-9,11,13,16H,10,12H2,1-6H3. The number of aldehydes is 1. The second-order valence-electron chi connectivity index (χ2n) is 6.68. The molecule has 0 aromatic heterocycles. The Morgan fingerprint density at radius 3 is 2.50 bits per heavy atom. The van der Waals surface area contributed by atoms with Gasteiger partial charge in [-0.1, -0.05) is 49.3 Å². The fourth-order valence-corrected chi connectivity index (χ4v) is 2.88. The van der Waals surface area contributed by atoms with Crippen molar-refractivity contribution < 1.29 is 4.79 Å². The van der Waals surface area contributed by atoms with Crippen LogP contribution in [0.25, 0.3) is 0 Å². The molecular formula is C19H28O. The molecule has 0 N–H and O–H groups in total. The quantitative estimate of drug-likeness (QED) is 0.517. The van der Waals surface area contributed by atoms with Gasteiger partial charge in [0.2, 0.25) is 0 Å². The Labute approximate surface area is 124 Å². The summed E-state index contributed by atoms with van der Waals surface area (Å²) >= 11 is 0. The van der Waals surface area contributed by atoms with E-state index >= 15 is 0 Å². The van der Waals surface area contributed by atoms with Gasteiger partial charge < -0.3 is 4.79 Å². The lowest BCUT2D eigenvalue weighted by atomic mass is 9.71. The third kappa shape index (κ3) is 4.33. The maximum atomic E-state index is 11.1. The number of hydrogen-bond donors (Lipinski definition) is 0. The molecule has 0 aliphatic carbocycles. The number of allylic oxidation sites excluding steroid dienone is 2. The summed E-state index contributed by atoms with van der Waals surface area (Å²) in [6, 6.07) is 6.63. The smallest absolute Gasteiger partial charge is 0.122 e. The van der Waals surface area contributed by atoms with Crippen LogP contribution < -0.4 is 0 Å². The van der Waals surface area contributed by atoms with Gasteiger partial charge in [0.15, 0.2) is 0 Å². The van der Waals surface area contributed by atoms with Gasteiger partial charge in [-0.2, -0.15) is 0 Å². The van der Waals surface area contributed by atoms with Crippen LogP contribution in [0.5, 0.6) is 0 Å². The van der Waals surface area contributed by atoms with Crippen LogP contribution in [0, 0.1) is 19.8 Å². The average molecular weight is 272 g/mol. The van der Waals surface area contributed by atoms with E-state index in [4.69, 9.17) is 0 Å². The molecule has 0 heterocycles. The normalized spacial score (nSPS) is 15.3. The molecule has 0 saturated heterocycles. The highest BCUT2D eigenvalue weighted by Gasteiger charge is 2.29. The molecule has 0 amide bonds. The van der Waals surface area contributed by atoms with Crippen LogP contribution in [-0.2, 0) is 10.2 Å². The van der Waals surface area contributed by atoms with Crippen molar-refractivity contribution in [3.05, 3.63) is 46.5 Å². The van der Waals surface area contributed by atoms with E-state index in [1.54, 1.807) is 0 Å². The zero-order valence-electron chi connectivity index (χ0n) is 13.8. The van der Waals surface area contributed by atoms with E-state index in [2.05, 4.69) is 58.9 Å². The zero-order chi connectivity index (χ0) is 15.3. The number of aryl methyl sites for hydroxylation is 2. The summed E-state index contributed by atoms with van der Waals surface area (Å²) in [7, 11) is 0. The molecule has 1 aromatic carbocycles. The summed E-state index contributed by atoms with van der Waals surface area (Å²) in [6.07, 6.45) is 5.24. The topological polar surface area (TPSA) is 17.1 Å². The van der Waals surface area contributed by atoms with Gasteiger partial charge in [-0.15, -0.1) is 0 Å². The van der Waals surface area contributed by atoms with E-state index < -0.39 is 0 Å². The van der Waals surface area contributed by atoms with Crippen LogP contribution in [0.4, 0.5) is 0 Å². The molecule has 0 aliphatic rings. The zero-order valence-corrected chi connectivity index (χ0v) is 13.8. The third-order valence-corrected chi connectivity index (χ3v) is 4.01. The SMILES string of the molecule is CC(C)=CCC(C)(CC(C)C=O)c1cc(C)ccc1C. The molecule has 1 rings (SSSR count). The van der Waals surface area contributed by atoms with Crippen molar-refractivity contribution in [2.45, 2.75) is 59.8 Å². The van der Waals surface area contributed by atoms with Crippen LogP contribution in [-0.4, -0.2) is 6.29 Å². The first-order valence-corrected chi connectivity index (χ1v) is 7.45. The first-order chi connectivity index (χ1) is 9.28. The molecule has 0 fully saturated rings. The highest BCUT2D eigenvalue weighted by atomic mass is 16.1. The Morgan fingerprint density at radius 2 is 1.95 bits per heavy atom. The third-order valence-electron chi connectivity index (χ3n) is 4.01. The Balaban J connectivity index is 3.24. The van der Waals surface area contributed by atoms with Gasteiger partial charge in [-0.3, -0.25) is 0 Å². The molecule has 0 spiro atoms. The summed E-state index contributed by atoms with van der Waals surface area (Å²) in [5, 5.41) is 0. The molecule has 20 heavy (non-hydrogen) atoms. The van der Waals surface area contributed by atoms with Gasteiger partial charge in [-0.25, -0.2) is 0 Å². The largest absolute Gasteiger partial charge is 0.303 e. The van der Waals surface area contributed by atoms with E-state index in [1.807, 2.05) is 6.92 Å². The molecule has 1 nitrogen and oxygen atoms in total. The Hall–Kier alpha value is -1.37. The van der Waals surface area contributed by atoms with Crippen molar-refractivity contribution in [3.63, 3.8) is 0 Å². The van der Waals surface area contributed by atoms with Gasteiger partial charge in [0, 0.05) is 5.92 Å². The monoisotopic (exact) mass is 272 g/mol. The number of benzene rings is 1. The molecule has 0 aliphatic heterocycles. The van der Waals surface area contributed by atoms with E-state index in [0.29, 0.717) is 0 Å². The van der Waals surface area contributed by atoms with E-state index in [0.717, 1.165) is 19.1 Å². The second kappa shape index (κ2) is 6.88. The van der Waals surface area contributed by atoms with Gasteiger partial charge in [0.25, 0.3) is 0 Å². The lowest BCUT2D eigenvalue weighted by molar-refractivity contribution is -0.111. The van der Waals surface area contributed by atoms with Gasteiger partial charge in [0.1, 0.15) is 6.29 Å². The summed E-state index contributed by atoms with van der Waals surface area (Å²) in [6.45, 7) is 12.9. The van der Waals surface area contributed by atoms with Crippen molar-refractivity contribution in [3.8, 4) is 0 Å². The number of rotatable bonds is 6. The first-order valence-electron chi connectivity index (χ1n) is 7.45. The molecule has 0 radical (unpaired) electrons. The maximum Gasteiger partial charge on any atom is 0.122 e. The number of carbonyl (C=O) groups excluding carboxylic acids is 1. The van der Waals surface area contributed by atoms with Crippen LogP contribution in [0.1, 0.15) is 57.2 Å². The number of hydrogen-bond acceptors (Lipinski definition) is 1. The Morgan fingerprint density at radius 1 is 1.30 bits per heavy atom. The summed E-state index contributed by atoms with van der Waals surface area (Å²) in [5.74, 6) is 0.0884. The van der Waals surface area contributed by atoms with Gasteiger partial charge in [-0.05, 0) is 57.1 Å². The Bertz CT molecular complexity index is 494. The summed E-state index contributed by atoms with van der Waals surface area (Å²) in [5.41, 5.74) is 5.34. The highest BCUT2D eigenvalue weighted by molar-refractivity contribution is 5.53. The fraction of sp³-hybridized carbons (Fsp3) is 0.526. The minimum Gasteiger partial charge on any atom is -0.303 e. The molecule has 0 saturated carbocycles. The minimum absolute atomic E-state index is 0.0215. The predicted molar refractivity (Wildman–Crippen MR) is 87.2 cm³/mol. The second-order valence-corrected chi connectivity index (χ2v) is 6.68. The summed E-state index contributed by atoms with van der Waals surface area (Å²) in [4.78, 5) is 11.1. The highest BCUT2D eigenvalue weighted by Crippen LogP contribution is 2.37. The van der Waals surface area contributed by atoms with E-state index in [-0.39, 0.29) is 11.3 Å². The number of carbonyl (C=O) groups is 1. The average Bonchev–Trinajstić information content (AvgIpc) is 2.39. The van der Waals surface area contributed by atoms with Crippen molar-refractivity contribution in [2.75, 3.05) is 0 Å². The van der Waals surface area contributed by atoms with Crippen LogP contribution in [0.15, 0.2) is 29.8 Å². The molecule has 1 heteroatoms. The lowest BCUT2D eigenvalue weighted by Gasteiger charge is -2.33. The van der Waals surface area contributed by atoms with Crippen LogP contribution in [0.2, 0.25) is 0 Å². The van der Waals surface area contributed by atoms with Crippen molar-refractivity contribution in [1.82, 2.24) is 0 Å². The van der Waals surface area contributed by atoms with Crippen molar-refractivity contribution in [1.29, 1.82) is 0 Å².